The maximum Gasteiger partial charge on any atom is 0.339 e. The van der Waals surface area contributed by atoms with Crippen LogP contribution in [0.15, 0.2) is 42.5 Å². The van der Waals surface area contributed by atoms with E-state index in [9.17, 15) is 9.59 Å². The summed E-state index contributed by atoms with van der Waals surface area (Å²) in [4.78, 5) is 24.5. The van der Waals surface area contributed by atoms with Gasteiger partial charge in [0, 0.05) is 5.69 Å². The number of hydrogen-bond acceptors (Lipinski definition) is 6. The third-order valence-corrected chi connectivity index (χ3v) is 3.63. The molecule has 7 heteroatoms. The zero-order valence-corrected chi connectivity index (χ0v) is 15.3. The molecule has 0 unspecified atom stereocenters. The zero-order chi connectivity index (χ0) is 19.8. The molecule has 0 fully saturated rings. The van der Waals surface area contributed by atoms with Crippen LogP contribution in [0.25, 0.3) is 0 Å². The van der Waals surface area contributed by atoms with E-state index in [0.717, 1.165) is 0 Å². The van der Waals surface area contributed by atoms with Gasteiger partial charge in [-0.1, -0.05) is 0 Å². The molecule has 140 valence electrons. The van der Waals surface area contributed by atoms with Crippen molar-refractivity contribution in [2.24, 2.45) is 0 Å². The Hall–Kier alpha value is -3.53. The van der Waals surface area contributed by atoms with Crippen molar-refractivity contribution in [1.29, 1.82) is 5.26 Å². The smallest absolute Gasteiger partial charge is 0.339 e. The zero-order valence-electron chi connectivity index (χ0n) is 15.3. The molecule has 0 aromatic heterocycles. The Kier molecular flexibility index (Phi) is 6.78. The molecule has 2 aromatic rings. The van der Waals surface area contributed by atoms with E-state index in [2.05, 4.69) is 5.32 Å². The normalized spacial score (nSPS) is 11.0. The Balaban J connectivity index is 2.01. The van der Waals surface area contributed by atoms with Crippen molar-refractivity contribution in [2.45, 2.75) is 20.0 Å². The molecule has 0 spiro atoms. The van der Waals surface area contributed by atoms with Crippen molar-refractivity contribution in [2.75, 3.05) is 19.0 Å². The third kappa shape index (κ3) is 5.22. The summed E-state index contributed by atoms with van der Waals surface area (Å²) in [5, 5.41) is 11.4. The minimum Gasteiger partial charge on any atom is -0.493 e. The standard InChI is InChI=1S/C20H20N2O5/c1-4-26-17-10-7-15(11-18(17)25-3)20(24)27-13(2)19(23)22-16-8-5-14(12-21)6-9-16/h5-11,13H,4H2,1-3H3,(H,22,23)/t13-/m0/s1. The monoisotopic (exact) mass is 368 g/mol. The number of nitrogens with one attached hydrogen (secondary N) is 1. The van der Waals surface area contributed by atoms with Crippen LogP contribution in [0.4, 0.5) is 5.69 Å². The van der Waals surface area contributed by atoms with Crippen LogP contribution in [0.5, 0.6) is 11.5 Å². The first-order valence-corrected chi connectivity index (χ1v) is 8.31. The van der Waals surface area contributed by atoms with Crippen molar-refractivity contribution in [3.05, 3.63) is 53.6 Å². The Morgan fingerprint density at radius 1 is 1.15 bits per heavy atom. The molecule has 2 aromatic carbocycles. The Morgan fingerprint density at radius 3 is 2.44 bits per heavy atom. The highest BCUT2D eigenvalue weighted by atomic mass is 16.5. The molecule has 0 heterocycles. The van der Waals surface area contributed by atoms with Crippen molar-refractivity contribution >= 4 is 17.6 Å². The summed E-state index contributed by atoms with van der Waals surface area (Å²) in [6, 6.07) is 13.0. The minimum atomic E-state index is -1.01. The van der Waals surface area contributed by atoms with Gasteiger partial charge < -0.3 is 19.5 Å². The molecule has 27 heavy (non-hydrogen) atoms. The van der Waals surface area contributed by atoms with Gasteiger partial charge in [0.05, 0.1) is 30.9 Å². The van der Waals surface area contributed by atoms with E-state index in [1.54, 1.807) is 36.4 Å². The minimum absolute atomic E-state index is 0.244. The highest BCUT2D eigenvalue weighted by molar-refractivity contribution is 5.97. The Bertz CT molecular complexity index is 856. The van der Waals surface area contributed by atoms with Crippen LogP contribution < -0.4 is 14.8 Å². The lowest BCUT2D eigenvalue weighted by Crippen LogP contribution is -2.30. The lowest BCUT2D eigenvalue weighted by atomic mass is 10.2. The topological polar surface area (TPSA) is 97.6 Å². The first-order chi connectivity index (χ1) is 13.0. The summed E-state index contributed by atoms with van der Waals surface area (Å²) in [6.45, 7) is 3.78. The van der Waals surface area contributed by atoms with E-state index >= 15 is 0 Å². The van der Waals surface area contributed by atoms with Crippen LogP contribution >= 0.6 is 0 Å². The first kappa shape index (κ1) is 19.8. The number of nitrogens with zero attached hydrogens (tertiary/aromatic N) is 1. The molecule has 0 bridgehead atoms. The summed E-state index contributed by atoms with van der Waals surface area (Å²) >= 11 is 0. The second kappa shape index (κ2) is 9.25. The summed E-state index contributed by atoms with van der Waals surface area (Å²) in [6.07, 6.45) is -1.01. The van der Waals surface area contributed by atoms with E-state index < -0.39 is 18.0 Å². The second-order valence-electron chi connectivity index (χ2n) is 5.52. The Morgan fingerprint density at radius 2 is 1.85 bits per heavy atom. The van der Waals surface area contributed by atoms with Gasteiger partial charge in [-0.15, -0.1) is 0 Å². The molecule has 0 saturated carbocycles. The average molecular weight is 368 g/mol. The molecule has 0 aliphatic rings. The van der Waals surface area contributed by atoms with E-state index in [-0.39, 0.29) is 5.56 Å². The molecule has 0 aliphatic carbocycles. The fourth-order valence-electron chi connectivity index (χ4n) is 2.22. The van der Waals surface area contributed by atoms with E-state index in [1.807, 2.05) is 13.0 Å². The Labute approximate surface area is 157 Å². The lowest BCUT2D eigenvalue weighted by Gasteiger charge is -2.15. The maximum atomic E-state index is 12.3. The molecule has 1 atom stereocenters. The van der Waals surface area contributed by atoms with Crippen molar-refractivity contribution in [3.63, 3.8) is 0 Å². The average Bonchev–Trinajstić information content (AvgIpc) is 2.68. The highest BCUT2D eigenvalue weighted by Gasteiger charge is 2.20. The van der Waals surface area contributed by atoms with Gasteiger partial charge in [0.25, 0.3) is 5.91 Å². The molecule has 2 rings (SSSR count). The van der Waals surface area contributed by atoms with Crippen LogP contribution in [0.1, 0.15) is 29.8 Å². The number of amides is 1. The van der Waals surface area contributed by atoms with Gasteiger partial charge in [0.2, 0.25) is 0 Å². The van der Waals surface area contributed by atoms with Crippen LogP contribution in [0.2, 0.25) is 0 Å². The number of methoxy groups -OCH3 is 1. The first-order valence-electron chi connectivity index (χ1n) is 8.31. The number of benzene rings is 2. The van der Waals surface area contributed by atoms with Crippen LogP contribution in [-0.2, 0) is 9.53 Å². The number of ether oxygens (including phenoxy) is 3. The van der Waals surface area contributed by atoms with Gasteiger partial charge in [-0.3, -0.25) is 4.79 Å². The summed E-state index contributed by atoms with van der Waals surface area (Å²) < 4.78 is 15.8. The quantitative estimate of drug-likeness (QED) is 0.754. The maximum absolute atomic E-state index is 12.3. The van der Waals surface area contributed by atoms with Gasteiger partial charge in [0.15, 0.2) is 17.6 Å². The largest absolute Gasteiger partial charge is 0.493 e. The van der Waals surface area contributed by atoms with Crippen molar-refractivity contribution < 1.29 is 23.8 Å². The van der Waals surface area contributed by atoms with Crippen molar-refractivity contribution in [1.82, 2.24) is 0 Å². The molecule has 1 N–H and O–H groups in total. The number of hydrogen-bond donors (Lipinski definition) is 1. The van der Waals surface area contributed by atoms with Gasteiger partial charge in [0.1, 0.15) is 0 Å². The van der Waals surface area contributed by atoms with E-state index in [1.165, 1.54) is 20.1 Å². The summed E-state index contributed by atoms with van der Waals surface area (Å²) in [5.74, 6) is -0.214. The van der Waals surface area contributed by atoms with Crippen LogP contribution in [-0.4, -0.2) is 31.7 Å². The fraction of sp³-hybridized carbons (Fsp3) is 0.250. The van der Waals surface area contributed by atoms with Gasteiger partial charge in [-0.2, -0.15) is 5.26 Å². The number of anilines is 1. The molecule has 0 saturated heterocycles. The molecule has 0 radical (unpaired) electrons. The summed E-state index contributed by atoms with van der Waals surface area (Å²) in [5.41, 5.74) is 1.23. The van der Waals surface area contributed by atoms with Crippen LogP contribution in [0, 0.1) is 11.3 Å². The second-order valence-corrected chi connectivity index (χ2v) is 5.52. The highest BCUT2D eigenvalue weighted by Crippen LogP contribution is 2.28. The number of rotatable bonds is 7. The van der Waals surface area contributed by atoms with Crippen molar-refractivity contribution in [3.8, 4) is 17.6 Å². The number of carbonyl (C=O) groups excluding carboxylic acids is 2. The van der Waals surface area contributed by atoms with Crippen LogP contribution in [0.3, 0.4) is 0 Å². The van der Waals surface area contributed by atoms with E-state index in [4.69, 9.17) is 19.5 Å². The summed E-state index contributed by atoms with van der Waals surface area (Å²) in [7, 11) is 1.47. The number of esters is 1. The molecule has 0 aliphatic heterocycles. The van der Waals surface area contributed by atoms with E-state index in [0.29, 0.717) is 29.4 Å². The third-order valence-electron chi connectivity index (χ3n) is 3.63. The predicted molar refractivity (Wildman–Crippen MR) is 98.8 cm³/mol. The van der Waals surface area contributed by atoms with Gasteiger partial charge >= 0.3 is 5.97 Å². The molecule has 7 nitrogen and oxygen atoms in total. The number of carbonyl (C=O) groups is 2. The fourth-order valence-corrected chi connectivity index (χ4v) is 2.22. The molecule has 1 amide bonds. The van der Waals surface area contributed by atoms with Gasteiger partial charge in [-0.05, 0) is 56.3 Å². The molecular weight excluding hydrogens is 348 g/mol. The molecular formula is C20H20N2O5. The van der Waals surface area contributed by atoms with Gasteiger partial charge in [-0.25, -0.2) is 4.79 Å². The SMILES string of the molecule is CCOc1ccc(C(=O)O[C@@H](C)C(=O)Nc2ccc(C#N)cc2)cc1OC. The lowest BCUT2D eigenvalue weighted by molar-refractivity contribution is -0.123. The number of nitriles is 1. The predicted octanol–water partition coefficient (Wildman–Crippen LogP) is 3.15.